The summed E-state index contributed by atoms with van der Waals surface area (Å²) in [5, 5.41) is 6.22. The Labute approximate surface area is 128 Å². The molecule has 1 fully saturated rings. The van der Waals surface area contributed by atoms with Crippen LogP contribution in [0.15, 0.2) is 35.1 Å². The highest BCUT2D eigenvalue weighted by Crippen LogP contribution is 2.09. The molecule has 0 radical (unpaired) electrons. The first kappa shape index (κ1) is 14.6. The van der Waals surface area contributed by atoms with Crippen molar-refractivity contribution >= 4 is 5.91 Å². The first-order chi connectivity index (χ1) is 10.5. The van der Waals surface area contributed by atoms with E-state index in [-0.39, 0.29) is 17.5 Å². The van der Waals surface area contributed by atoms with Gasteiger partial charge in [-0.2, -0.15) is 0 Å². The molecule has 6 heteroatoms. The van der Waals surface area contributed by atoms with Crippen molar-refractivity contribution in [3.63, 3.8) is 0 Å². The molecule has 22 heavy (non-hydrogen) atoms. The molecule has 0 saturated carbocycles. The number of aromatic nitrogens is 2. The summed E-state index contributed by atoms with van der Waals surface area (Å²) in [4.78, 5) is 26.4. The third-order valence-electron chi connectivity index (χ3n) is 3.90. The van der Waals surface area contributed by atoms with Gasteiger partial charge in [0.1, 0.15) is 5.69 Å². The van der Waals surface area contributed by atoms with Crippen LogP contribution in [0.3, 0.4) is 0 Å². The zero-order chi connectivity index (χ0) is 15.7. The van der Waals surface area contributed by atoms with Gasteiger partial charge < -0.3 is 10.2 Å². The fourth-order valence-electron chi connectivity index (χ4n) is 2.68. The van der Waals surface area contributed by atoms with E-state index in [0.29, 0.717) is 18.8 Å². The monoisotopic (exact) mass is 300 g/mol. The van der Waals surface area contributed by atoms with Crippen LogP contribution < -0.4 is 10.9 Å². The molecule has 2 N–H and O–H groups in total. The lowest BCUT2D eigenvalue weighted by atomic mass is 10.2. The Morgan fingerprint density at radius 1 is 1.27 bits per heavy atom. The standard InChI is InChI=1S/C16H20N4O2/c1-11-3-5-13(6-4-11)20-15(21)9-14(18-20)16(22)19-8-7-17-12(2)10-19/h3-6,9,12,17-18H,7-8,10H2,1-2H3. The van der Waals surface area contributed by atoms with Crippen LogP contribution in [0.2, 0.25) is 0 Å². The molecular formula is C16H20N4O2. The van der Waals surface area contributed by atoms with Crippen molar-refractivity contribution in [1.29, 1.82) is 0 Å². The summed E-state index contributed by atoms with van der Waals surface area (Å²) in [6.45, 7) is 6.11. The number of piperazine rings is 1. The van der Waals surface area contributed by atoms with E-state index in [0.717, 1.165) is 17.8 Å². The largest absolute Gasteiger partial charge is 0.335 e. The second kappa shape index (κ2) is 5.81. The summed E-state index contributed by atoms with van der Waals surface area (Å²) < 4.78 is 1.40. The minimum atomic E-state index is -0.226. The number of nitrogens with zero attached hydrogens (tertiary/aromatic N) is 2. The third kappa shape index (κ3) is 2.82. The molecule has 0 aliphatic carbocycles. The highest BCUT2D eigenvalue weighted by atomic mass is 16.2. The summed E-state index contributed by atoms with van der Waals surface area (Å²) in [5.41, 5.74) is 1.95. The Kier molecular flexibility index (Phi) is 3.85. The highest BCUT2D eigenvalue weighted by Gasteiger charge is 2.23. The van der Waals surface area contributed by atoms with Crippen LogP contribution >= 0.6 is 0 Å². The number of hydrogen-bond acceptors (Lipinski definition) is 3. The van der Waals surface area contributed by atoms with Crippen LogP contribution in [-0.2, 0) is 0 Å². The van der Waals surface area contributed by atoms with Gasteiger partial charge in [-0.25, -0.2) is 4.68 Å². The van der Waals surface area contributed by atoms with E-state index in [1.54, 1.807) is 4.90 Å². The molecule has 0 bridgehead atoms. The molecule has 0 spiro atoms. The first-order valence-electron chi connectivity index (χ1n) is 7.46. The van der Waals surface area contributed by atoms with Gasteiger partial charge in [0.25, 0.3) is 11.5 Å². The van der Waals surface area contributed by atoms with E-state index in [1.165, 1.54) is 10.7 Å². The number of rotatable bonds is 2. The Morgan fingerprint density at radius 2 is 2.00 bits per heavy atom. The number of hydrogen-bond donors (Lipinski definition) is 2. The summed E-state index contributed by atoms with van der Waals surface area (Å²) in [5.74, 6) is -0.128. The number of benzene rings is 1. The Hall–Kier alpha value is -2.34. The lowest BCUT2D eigenvalue weighted by molar-refractivity contribution is 0.0702. The normalized spacial score (nSPS) is 18.5. The van der Waals surface area contributed by atoms with E-state index in [2.05, 4.69) is 10.4 Å². The quantitative estimate of drug-likeness (QED) is 0.866. The van der Waals surface area contributed by atoms with E-state index in [1.807, 2.05) is 38.1 Å². The first-order valence-corrected chi connectivity index (χ1v) is 7.46. The van der Waals surface area contributed by atoms with Crippen LogP contribution in [0.4, 0.5) is 0 Å². The van der Waals surface area contributed by atoms with Gasteiger partial charge in [-0.05, 0) is 26.0 Å². The van der Waals surface area contributed by atoms with Gasteiger partial charge >= 0.3 is 0 Å². The predicted molar refractivity (Wildman–Crippen MR) is 84.5 cm³/mol. The number of carbonyl (C=O) groups excluding carboxylic acids is 1. The molecule has 3 rings (SSSR count). The van der Waals surface area contributed by atoms with Crippen molar-refractivity contribution in [2.75, 3.05) is 19.6 Å². The SMILES string of the molecule is Cc1ccc(-n2[nH]c(C(=O)N3CCNC(C)C3)cc2=O)cc1. The fourth-order valence-corrected chi connectivity index (χ4v) is 2.68. The molecule has 116 valence electrons. The van der Waals surface area contributed by atoms with E-state index < -0.39 is 0 Å². The van der Waals surface area contributed by atoms with Gasteiger partial charge in [0.15, 0.2) is 0 Å². The lowest BCUT2D eigenvalue weighted by Gasteiger charge is -2.31. The van der Waals surface area contributed by atoms with Crippen molar-refractivity contribution in [2.45, 2.75) is 19.9 Å². The van der Waals surface area contributed by atoms with Crippen LogP contribution in [-0.4, -0.2) is 46.3 Å². The van der Waals surface area contributed by atoms with Crippen LogP contribution in [0.1, 0.15) is 23.0 Å². The lowest BCUT2D eigenvalue weighted by Crippen LogP contribution is -2.51. The summed E-state index contributed by atoms with van der Waals surface area (Å²) in [6, 6.07) is 9.21. The minimum Gasteiger partial charge on any atom is -0.335 e. The van der Waals surface area contributed by atoms with Crippen molar-refractivity contribution in [1.82, 2.24) is 20.0 Å². The van der Waals surface area contributed by atoms with Gasteiger partial charge in [0.05, 0.1) is 5.69 Å². The molecule has 1 aromatic heterocycles. The number of aryl methyl sites for hydroxylation is 1. The average molecular weight is 300 g/mol. The van der Waals surface area contributed by atoms with Crippen molar-refractivity contribution in [3.05, 3.63) is 51.9 Å². The second-order valence-corrected chi connectivity index (χ2v) is 5.79. The van der Waals surface area contributed by atoms with Gasteiger partial charge in [0.2, 0.25) is 0 Å². The Morgan fingerprint density at radius 3 is 2.68 bits per heavy atom. The van der Waals surface area contributed by atoms with Crippen LogP contribution in [0, 0.1) is 6.92 Å². The van der Waals surface area contributed by atoms with Gasteiger partial charge in [-0.15, -0.1) is 0 Å². The number of amides is 1. The zero-order valence-corrected chi connectivity index (χ0v) is 12.8. The number of carbonyl (C=O) groups is 1. The van der Waals surface area contributed by atoms with E-state index >= 15 is 0 Å². The third-order valence-corrected chi connectivity index (χ3v) is 3.90. The summed E-state index contributed by atoms with van der Waals surface area (Å²) in [6.07, 6.45) is 0. The van der Waals surface area contributed by atoms with Crippen molar-refractivity contribution < 1.29 is 4.79 Å². The van der Waals surface area contributed by atoms with Crippen LogP contribution in [0.5, 0.6) is 0 Å². The topological polar surface area (TPSA) is 70.1 Å². The number of nitrogens with one attached hydrogen (secondary N) is 2. The smallest absolute Gasteiger partial charge is 0.272 e. The zero-order valence-electron chi connectivity index (χ0n) is 12.8. The highest BCUT2D eigenvalue weighted by molar-refractivity contribution is 5.92. The Balaban J connectivity index is 1.87. The number of H-pyrrole nitrogens is 1. The van der Waals surface area contributed by atoms with Crippen molar-refractivity contribution in [3.8, 4) is 5.69 Å². The maximum atomic E-state index is 12.5. The fraction of sp³-hybridized carbons (Fsp3) is 0.375. The molecule has 1 amide bonds. The maximum Gasteiger partial charge on any atom is 0.272 e. The van der Waals surface area contributed by atoms with E-state index in [9.17, 15) is 9.59 Å². The molecule has 1 atom stereocenters. The second-order valence-electron chi connectivity index (χ2n) is 5.79. The molecule has 6 nitrogen and oxygen atoms in total. The molecule has 1 aromatic carbocycles. The predicted octanol–water partition coefficient (Wildman–Crippen LogP) is 0.908. The maximum absolute atomic E-state index is 12.5. The molecule has 2 aromatic rings. The molecular weight excluding hydrogens is 280 g/mol. The average Bonchev–Trinajstić information content (AvgIpc) is 2.89. The summed E-state index contributed by atoms with van der Waals surface area (Å²) >= 11 is 0. The van der Waals surface area contributed by atoms with Crippen molar-refractivity contribution in [2.24, 2.45) is 0 Å². The molecule has 1 aliphatic heterocycles. The summed E-state index contributed by atoms with van der Waals surface area (Å²) in [7, 11) is 0. The molecule has 2 heterocycles. The van der Waals surface area contributed by atoms with Gasteiger partial charge in [-0.1, -0.05) is 17.7 Å². The minimum absolute atomic E-state index is 0.128. The molecule has 1 unspecified atom stereocenters. The van der Waals surface area contributed by atoms with E-state index in [4.69, 9.17) is 0 Å². The Bertz CT molecular complexity index is 729. The van der Waals surface area contributed by atoms with Crippen LogP contribution in [0.25, 0.3) is 5.69 Å². The molecule has 1 saturated heterocycles. The van der Waals surface area contributed by atoms with Gasteiger partial charge in [0, 0.05) is 31.7 Å². The van der Waals surface area contributed by atoms with Gasteiger partial charge in [-0.3, -0.25) is 14.7 Å². The number of aromatic amines is 1. The molecule has 1 aliphatic rings.